The number of rotatable bonds is 58. The van der Waals surface area contributed by atoms with Gasteiger partial charge in [-0.15, -0.1) is 0 Å². The molecule has 0 aromatic carbocycles. The van der Waals surface area contributed by atoms with E-state index >= 15 is 0 Å². The van der Waals surface area contributed by atoms with Gasteiger partial charge in [0.25, 0.3) is 0 Å². The number of allylic oxidation sites excluding steroid dienone is 6. The second-order valence-corrected chi connectivity index (χ2v) is 21.3. The summed E-state index contributed by atoms with van der Waals surface area (Å²) >= 11 is 0. The van der Waals surface area contributed by atoms with Crippen molar-refractivity contribution in [3.05, 3.63) is 36.5 Å². The van der Waals surface area contributed by atoms with Crippen molar-refractivity contribution >= 4 is 17.9 Å². The molecule has 0 spiro atoms. The largest absolute Gasteiger partial charge is 0.462 e. The molecular weight excluding hydrogens is 877 g/mol. The number of carbonyl (C=O) groups is 3. The van der Waals surface area contributed by atoms with Crippen LogP contribution >= 0.6 is 0 Å². The predicted molar refractivity (Wildman–Crippen MR) is 307 cm³/mol. The highest BCUT2D eigenvalue weighted by molar-refractivity contribution is 5.71. The highest BCUT2D eigenvalue weighted by Gasteiger charge is 2.19. The van der Waals surface area contributed by atoms with E-state index in [-0.39, 0.29) is 31.1 Å². The number of ether oxygens (including phenoxy) is 3. The number of hydrogen-bond acceptors (Lipinski definition) is 6. The van der Waals surface area contributed by atoms with E-state index in [0.29, 0.717) is 19.3 Å². The summed E-state index contributed by atoms with van der Waals surface area (Å²) in [6.07, 6.45) is 73.2. The van der Waals surface area contributed by atoms with E-state index in [9.17, 15) is 14.4 Å². The van der Waals surface area contributed by atoms with Crippen LogP contribution < -0.4 is 0 Å². The van der Waals surface area contributed by atoms with Crippen LogP contribution in [-0.4, -0.2) is 37.2 Å². The Morgan fingerprint density at radius 2 is 0.507 bits per heavy atom. The smallest absolute Gasteiger partial charge is 0.306 e. The van der Waals surface area contributed by atoms with E-state index in [0.717, 1.165) is 64.2 Å². The van der Waals surface area contributed by atoms with Gasteiger partial charge in [-0.2, -0.15) is 0 Å². The fourth-order valence-electron chi connectivity index (χ4n) is 9.35. The first-order valence-corrected chi connectivity index (χ1v) is 31.5. The molecule has 6 heteroatoms. The third-order valence-corrected chi connectivity index (χ3v) is 14.1. The second kappa shape index (κ2) is 60.2. The maximum Gasteiger partial charge on any atom is 0.306 e. The molecular formula is C65H120O6. The lowest BCUT2D eigenvalue weighted by Gasteiger charge is -2.18. The van der Waals surface area contributed by atoms with E-state index in [1.165, 1.54) is 238 Å². The molecule has 0 aliphatic rings. The molecule has 0 amide bonds. The number of carbonyl (C=O) groups excluding carboxylic acids is 3. The minimum atomic E-state index is -0.769. The Hall–Kier alpha value is -2.37. The molecule has 0 fully saturated rings. The van der Waals surface area contributed by atoms with Gasteiger partial charge in [-0.3, -0.25) is 14.4 Å². The number of hydrogen-bond donors (Lipinski definition) is 0. The molecule has 0 N–H and O–H groups in total. The van der Waals surface area contributed by atoms with Gasteiger partial charge in [0.2, 0.25) is 0 Å². The highest BCUT2D eigenvalue weighted by Crippen LogP contribution is 2.17. The Morgan fingerprint density at radius 3 is 0.789 bits per heavy atom. The maximum absolute atomic E-state index is 12.8. The first-order chi connectivity index (χ1) is 35.0. The van der Waals surface area contributed by atoms with E-state index < -0.39 is 6.10 Å². The summed E-state index contributed by atoms with van der Waals surface area (Å²) in [5, 5.41) is 0. The molecule has 0 saturated carbocycles. The third kappa shape index (κ3) is 58.4. The topological polar surface area (TPSA) is 78.9 Å². The summed E-state index contributed by atoms with van der Waals surface area (Å²) in [6.45, 7) is 6.63. The molecule has 71 heavy (non-hydrogen) atoms. The first-order valence-electron chi connectivity index (χ1n) is 31.5. The zero-order chi connectivity index (χ0) is 51.4. The molecule has 0 aromatic rings. The van der Waals surface area contributed by atoms with Gasteiger partial charge >= 0.3 is 17.9 Å². The van der Waals surface area contributed by atoms with Gasteiger partial charge in [0.1, 0.15) is 13.2 Å². The number of unbranched alkanes of at least 4 members (excludes halogenated alkanes) is 41. The summed E-state index contributed by atoms with van der Waals surface area (Å²) in [5.41, 5.74) is 0. The average molecular weight is 998 g/mol. The van der Waals surface area contributed by atoms with Gasteiger partial charge in [-0.1, -0.05) is 282 Å². The summed E-state index contributed by atoms with van der Waals surface area (Å²) in [7, 11) is 0. The van der Waals surface area contributed by atoms with Gasteiger partial charge in [0.15, 0.2) is 6.10 Å². The normalized spacial score (nSPS) is 12.2. The van der Waals surface area contributed by atoms with E-state index in [1.54, 1.807) is 0 Å². The summed E-state index contributed by atoms with van der Waals surface area (Å²) in [6, 6.07) is 0. The second-order valence-electron chi connectivity index (χ2n) is 21.3. The minimum absolute atomic E-state index is 0.0698. The maximum atomic E-state index is 12.8. The van der Waals surface area contributed by atoms with E-state index in [1.807, 2.05) is 0 Å². The molecule has 0 aromatic heterocycles. The lowest BCUT2D eigenvalue weighted by Crippen LogP contribution is -2.30. The summed E-state index contributed by atoms with van der Waals surface area (Å²) in [5.74, 6) is -0.860. The molecule has 0 saturated heterocycles. The lowest BCUT2D eigenvalue weighted by molar-refractivity contribution is -0.167. The van der Waals surface area contributed by atoms with Crippen LogP contribution in [-0.2, 0) is 28.6 Å². The Kier molecular flexibility index (Phi) is 58.2. The van der Waals surface area contributed by atoms with Crippen LogP contribution in [0.5, 0.6) is 0 Å². The lowest BCUT2D eigenvalue weighted by atomic mass is 10.0. The quantitative estimate of drug-likeness (QED) is 0.0261. The van der Waals surface area contributed by atoms with E-state index in [4.69, 9.17) is 14.2 Å². The van der Waals surface area contributed by atoms with Crippen molar-refractivity contribution in [2.75, 3.05) is 13.2 Å². The van der Waals surface area contributed by atoms with Crippen LogP contribution in [0.3, 0.4) is 0 Å². The monoisotopic (exact) mass is 997 g/mol. The Balaban J connectivity index is 4.11. The van der Waals surface area contributed by atoms with Crippen LogP contribution in [0.2, 0.25) is 0 Å². The van der Waals surface area contributed by atoms with E-state index in [2.05, 4.69) is 57.2 Å². The Morgan fingerprint density at radius 1 is 0.282 bits per heavy atom. The van der Waals surface area contributed by atoms with Crippen LogP contribution in [0.25, 0.3) is 0 Å². The van der Waals surface area contributed by atoms with Crippen LogP contribution in [0.15, 0.2) is 36.5 Å². The number of esters is 3. The molecule has 0 aliphatic carbocycles. The van der Waals surface area contributed by atoms with Crippen molar-refractivity contribution in [2.24, 2.45) is 0 Å². The molecule has 6 nitrogen and oxygen atoms in total. The highest BCUT2D eigenvalue weighted by atomic mass is 16.6. The molecule has 0 bridgehead atoms. The van der Waals surface area contributed by atoms with Crippen LogP contribution in [0.1, 0.15) is 342 Å². The van der Waals surface area contributed by atoms with Crippen LogP contribution in [0.4, 0.5) is 0 Å². The zero-order valence-electron chi connectivity index (χ0n) is 47.8. The van der Waals surface area contributed by atoms with Gasteiger partial charge in [-0.05, 0) is 77.0 Å². The SMILES string of the molecule is CCCCCCC/C=C\C/C=C\CCCCCCCCCCCCCCCC(=O)OCC(COC(=O)CCCCCCCCC)OC(=O)CCCCCCCCCCC/C=C\CCCCCCCCCC. The van der Waals surface area contributed by atoms with Gasteiger partial charge in [-0.25, -0.2) is 0 Å². The fourth-order valence-corrected chi connectivity index (χ4v) is 9.35. The zero-order valence-corrected chi connectivity index (χ0v) is 47.8. The molecule has 1 unspecified atom stereocenters. The van der Waals surface area contributed by atoms with Crippen molar-refractivity contribution < 1.29 is 28.6 Å². The standard InChI is InChI=1S/C65H120O6/c1-4-7-10-13-16-18-20-22-24-26-28-30-31-32-33-35-36-38-40-42-44-46-49-52-55-58-64(67)70-61-62(60-69-63(66)57-54-51-48-15-12-9-6-3)71-65(68)59-56-53-50-47-45-43-41-39-37-34-29-27-25-23-21-19-17-14-11-8-5-2/h20,22,26-29,62H,4-19,21,23-25,30-61H2,1-3H3/b22-20-,28-26-,29-27-. The summed E-state index contributed by atoms with van der Waals surface area (Å²) in [4.78, 5) is 38.0. The van der Waals surface area contributed by atoms with Gasteiger partial charge in [0, 0.05) is 19.3 Å². The van der Waals surface area contributed by atoms with Crippen LogP contribution in [0, 0.1) is 0 Å². The molecule has 416 valence electrons. The molecule has 0 heterocycles. The van der Waals surface area contributed by atoms with Crippen molar-refractivity contribution in [1.82, 2.24) is 0 Å². The minimum Gasteiger partial charge on any atom is -0.462 e. The van der Waals surface area contributed by atoms with Gasteiger partial charge in [0.05, 0.1) is 0 Å². The third-order valence-electron chi connectivity index (χ3n) is 14.1. The van der Waals surface area contributed by atoms with Crippen molar-refractivity contribution in [3.63, 3.8) is 0 Å². The Bertz CT molecular complexity index is 1190. The van der Waals surface area contributed by atoms with Crippen molar-refractivity contribution in [1.29, 1.82) is 0 Å². The fraction of sp³-hybridized carbons (Fsp3) is 0.862. The summed E-state index contributed by atoms with van der Waals surface area (Å²) < 4.78 is 16.8. The van der Waals surface area contributed by atoms with Crippen molar-refractivity contribution in [2.45, 2.75) is 348 Å². The van der Waals surface area contributed by atoms with Crippen molar-refractivity contribution in [3.8, 4) is 0 Å². The van der Waals surface area contributed by atoms with Gasteiger partial charge < -0.3 is 14.2 Å². The Labute approximate surface area is 442 Å². The average Bonchev–Trinajstić information content (AvgIpc) is 3.37. The molecule has 0 aliphatic heterocycles. The predicted octanol–water partition coefficient (Wildman–Crippen LogP) is 21.2. The molecule has 0 rings (SSSR count). The molecule has 1 atom stereocenters. The first kappa shape index (κ1) is 68.6. The molecule has 0 radical (unpaired) electrons.